The zero-order valence-corrected chi connectivity index (χ0v) is 17.7. The molecule has 3 rings (SSSR count). The lowest BCUT2D eigenvalue weighted by Crippen LogP contribution is -2.52. The number of ether oxygens (including phenoxy) is 1. The monoisotopic (exact) mass is 402 g/mol. The minimum Gasteiger partial charge on any atom is -0.379 e. The summed E-state index contributed by atoms with van der Waals surface area (Å²) < 4.78 is 5.44. The molecule has 0 radical (unpaired) electrons. The van der Waals surface area contributed by atoms with Crippen LogP contribution >= 0.6 is 0 Å². The first-order valence-electron chi connectivity index (χ1n) is 10.7. The van der Waals surface area contributed by atoms with Gasteiger partial charge in [-0.05, 0) is 23.5 Å². The molecule has 1 unspecified atom stereocenters. The fraction of sp³-hybridized carbons (Fsp3) is 0.636. The number of morpholine rings is 1. The molecule has 1 atom stereocenters. The summed E-state index contributed by atoms with van der Waals surface area (Å²) >= 11 is 0. The third-order valence-corrected chi connectivity index (χ3v) is 5.75. The molecule has 2 aliphatic rings. The van der Waals surface area contributed by atoms with Crippen LogP contribution in [0.15, 0.2) is 24.3 Å². The van der Waals surface area contributed by atoms with Crippen LogP contribution in [0.3, 0.4) is 0 Å². The number of nitrogens with zero attached hydrogens (tertiary/aromatic N) is 2. The second-order valence-electron chi connectivity index (χ2n) is 8.26. The Bertz CT molecular complexity index is 688. The Morgan fingerprint density at radius 2 is 1.90 bits per heavy atom. The molecule has 160 valence electrons. The van der Waals surface area contributed by atoms with E-state index in [1.807, 2.05) is 23.1 Å². The van der Waals surface area contributed by atoms with E-state index in [2.05, 4.69) is 35.4 Å². The maximum Gasteiger partial charge on any atom is 0.315 e. The summed E-state index contributed by atoms with van der Waals surface area (Å²) in [5.74, 6) is 0.686. The predicted octanol–water partition coefficient (Wildman–Crippen LogP) is 1.97. The molecular formula is C22H34N4O3. The van der Waals surface area contributed by atoms with Crippen LogP contribution in [0.2, 0.25) is 0 Å². The van der Waals surface area contributed by atoms with Crippen LogP contribution in [-0.4, -0.2) is 67.2 Å². The van der Waals surface area contributed by atoms with E-state index < -0.39 is 0 Å². The Kier molecular flexibility index (Phi) is 7.89. The molecule has 0 saturated carbocycles. The van der Waals surface area contributed by atoms with Gasteiger partial charge in [0.1, 0.15) is 0 Å². The molecule has 2 heterocycles. The molecule has 7 nitrogen and oxygen atoms in total. The van der Waals surface area contributed by atoms with Gasteiger partial charge in [-0.2, -0.15) is 0 Å². The predicted molar refractivity (Wildman–Crippen MR) is 112 cm³/mol. The van der Waals surface area contributed by atoms with Gasteiger partial charge in [0, 0.05) is 51.7 Å². The first-order chi connectivity index (χ1) is 14.0. The molecule has 2 saturated heterocycles. The van der Waals surface area contributed by atoms with Crippen molar-refractivity contribution in [2.75, 3.05) is 39.4 Å². The summed E-state index contributed by atoms with van der Waals surface area (Å²) in [7, 11) is 0. The molecule has 2 fully saturated rings. The second-order valence-corrected chi connectivity index (χ2v) is 8.26. The average Bonchev–Trinajstić information content (AvgIpc) is 3.12. The largest absolute Gasteiger partial charge is 0.379 e. The second kappa shape index (κ2) is 10.6. The van der Waals surface area contributed by atoms with E-state index in [-0.39, 0.29) is 11.9 Å². The van der Waals surface area contributed by atoms with Crippen LogP contribution in [0.1, 0.15) is 37.8 Å². The number of likely N-dealkylation sites (tertiary alicyclic amines) is 1. The summed E-state index contributed by atoms with van der Waals surface area (Å²) in [4.78, 5) is 28.4. The molecule has 0 aliphatic carbocycles. The van der Waals surface area contributed by atoms with Crippen LogP contribution in [0.5, 0.6) is 0 Å². The van der Waals surface area contributed by atoms with Gasteiger partial charge in [0.05, 0.1) is 13.2 Å². The van der Waals surface area contributed by atoms with E-state index in [0.29, 0.717) is 38.0 Å². The van der Waals surface area contributed by atoms with Gasteiger partial charge < -0.3 is 20.3 Å². The Morgan fingerprint density at radius 3 is 2.59 bits per heavy atom. The highest BCUT2D eigenvalue weighted by molar-refractivity contribution is 5.78. The minimum absolute atomic E-state index is 0.149. The van der Waals surface area contributed by atoms with Crippen molar-refractivity contribution in [3.63, 3.8) is 0 Å². The van der Waals surface area contributed by atoms with Gasteiger partial charge in [0.15, 0.2) is 0 Å². The van der Waals surface area contributed by atoms with Crippen molar-refractivity contribution in [2.24, 2.45) is 5.92 Å². The maximum atomic E-state index is 12.3. The van der Waals surface area contributed by atoms with E-state index in [0.717, 1.165) is 50.4 Å². The number of nitrogens with one attached hydrogen (secondary N) is 2. The van der Waals surface area contributed by atoms with Crippen LogP contribution < -0.4 is 10.6 Å². The van der Waals surface area contributed by atoms with E-state index in [9.17, 15) is 9.59 Å². The number of urea groups is 1. The third-order valence-electron chi connectivity index (χ3n) is 5.75. The SMILES string of the molecule is CC(C)C(CNC(=O)NCc1cccc(CN2CCCC2=O)c1)N1CCOCC1. The number of benzene rings is 1. The normalized spacial score (nSPS) is 18.9. The van der Waals surface area contributed by atoms with Gasteiger partial charge in [-0.3, -0.25) is 9.69 Å². The fourth-order valence-corrected chi connectivity index (χ4v) is 4.07. The van der Waals surface area contributed by atoms with Gasteiger partial charge in [0.25, 0.3) is 0 Å². The van der Waals surface area contributed by atoms with Crippen molar-refractivity contribution >= 4 is 11.9 Å². The molecule has 29 heavy (non-hydrogen) atoms. The molecule has 7 heteroatoms. The van der Waals surface area contributed by atoms with Crippen molar-refractivity contribution in [1.29, 1.82) is 0 Å². The van der Waals surface area contributed by atoms with Gasteiger partial charge >= 0.3 is 6.03 Å². The number of amides is 3. The quantitative estimate of drug-likeness (QED) is 0.697. The van der Waals surface area contributed by atoms with E-state index >= 15 is 0 Å². The average molecular weight is 403 g/mol. The summed E-state index contributed by atoms with van der Waals surface area (Å²) in [6.07, 6.45) is 1.60. The summed E-state index contributed by atoms with van der Waals surface area (Å²) in [5, 5.41) is 5.98. The lowest BCUT2D eigenvalue weighted by Gasteiger charge is -2.36. The Hall–Kier alpha value is -2.12. The summed E-state index contributed by atoms with van der Waals surface area (Å²) in [6, 6.07) is 8.24. The molecule has 2 aliphatic heterocycles. The minimum atomic E-state index is -0.149. The van der Waals surface area contributed by atoms with Crippen molar-refractivity contribution < 1.29 is 14.3 Å². The lowest BCUT2D eigenvalue weighted by molar-refractivity contribution is -0.128. The van der Waals surface area contributed by atoms with Crippen molar-refractivity contribution in [1.82, 2.24) is 20.4 Å². The molecule has 3 amide bonds. The zero-order chi connectivity index (χ0) is 20.6. The topological polar surface area (TPSA) is 73.9 Å². The van der Waals surface area contributed by atoms with Gasteiger partial charge in [-0.1, -0.05) is 38.1 Å². The van der Waals surface area contributed by atoms with E-state index in [1.54, 1.807) is 0 Å². The van der Waals surface area contributed by atoms with E-state index in [4.69, 9.17) is 4.74 Å². The molecule has 2 N–H and O–H groups in total. The molecule has 0 bridgehead atoms. The summed E-state index contributed by atoms with van der Waals surface area (Å²) in [5.41, 5.74) is 2.14. The zero-order valence-electron chi connectivity index (χ0n) is 17.7. The molecule has 1 aromatic carbocycles. The number of carbonyl (C=O) groups is 2. The first kappa shape index (κ1) is 21.6. The van der Waals surface area contributed by atoms with Crippen LogP contribution in [-0.2, 0) is 22.6 Å². The fourth-order valence-electron chi connectivity index (χ4n) is 4.07. The Labute approximate surface area is 173 Å². The molecular weight excluding hydrogens is 368 g/mol. The third kappa shape index (κ3) is 6.44. The smallest absolute Gasteiger partial charge is 0.315 e. The summed E-state index contributed by atoms with van der Waals surface area (Å²) in [6.45, 7) is 10.3. The molecule has 0 aromatic heterocycles. The standard InChI is InChI=1S/C22H34N4O3/c1-17(2)20(25-9-11-29-12-10-25)15-24-22(28)23-14-18-5-3-6-19(13-18)16-26-8-4-7-21(26)27/h3,5-6,13,17,20H,4,7-12,14-16H2,1-2H3,(H2,23,24,28). The maximum absolute atomic E-state index is 12.3. The molecule has 0 spiro atoms. The highest BCUT2D eigenvalue weighted by Crippen LogP contribution is 2.15. The van der Waals surface area contributed by atoms with Crippen LogP contribution in [0, 0.1) is 5.92 Å². The Balaban J connectivity index is 1.45. The highest BCUT2D eigenvalue weighted by atomic mass is 16.5. The van der Waals surface area contributed by atoms with Crippen molar-refractivity contribution in [3.8, 4) is 0 Å². The first-order valence-corrected chi connectivity index (χ1v) is 10.7. The van der Waals surface area contributed by atoms with Crippen molar-refractivity contribution in [2.45, 2.75) is 45.8 Å². The lowest BCUT2D eigenvalue weighted by atomic mass is 10.0. The van der Waals surface area contributed by atoms with Crippen molar-refractivity contribution in [3.05, 3.63) is 35.4 Å². The Morgan fingerprint density at radius 1 is 1.14 bits per heavy atom. The molecule has 1 aromatic rings. The van der Waals surface area contributed by atoms with Gasteiger partial charge in [-0.25, -0.2) is 4.79 Å². The van der Waals surface area contributed by atoms with Gasteiger partial charge in [-0.15, -0.1) is 0 Å². The van der Waals surface area contributed by atoms with Gasteiger partial charge in [0.2, 0.25) is 5.91 Å². The number of carbonyl (C=O) groups excluding carboxylic acids is 2. The van der Waals surface area contributed by atoms with Crippen LogP contribution in [0.4, 0.5) is 4.79 Å². The van der Waals surface area contributed by atoms with E-state index in [1.165, 1.54) is 0 Å². The number of hydrogen-bond acceptors (Lipinski definition) is 4. The highest BCUT2D eigenvalue weighted by Gasteiger charge is 2.24. The number of rotatable bonds is 8. The number of hydrogen-bond donors (Lipinski definition) is 2. The van der Waals surface area contributed by atoms with Crippen LogP contribution in [0.25, 0.3) is 0 Å².